The standard InChI is InChI=1S/C10H7ClINO2/c1-15-10-3-7(9(14)4-11)6(5-13)2-8(10)12/h2-3H,4H2,1H3. The van der Waals surface area contributed by atoms with Crippen LogP contribution in [0.1, 0.15) is 15.9 Å². The van der Waals surface area contributed by atoms with Crippen molar-refractivity contribution in [3.63, 3.8) is 0 Å². The molecule has 0 fully saturated rings. The maximum absolute atomic E-state index is 11.4. The highest BCUT2D eigenvalue weighted by Gasteiger charge is 2.14. The molecule has 0 radical (unpaired) electrons. The van der Waals surface area contributed by atoms with Crippen molar-refractivity contribution in [2.45, 2.75) is 0 Å². The Labute approximate surface area is 106 Å². The maximum atomic E-state index is 11.4. The first-order valence-electron chi connectivity index (χ1n) is 4.00. The summed E-state index contributed by atoms with van der Waals surface area (Å²) in [6.07, 6.45) is 0. The first-order valence-corrected chi connectivity index (χ1v) is 5.62. The number of nitrogens with zero attached hydrogens (tertiary/aromatic N) is 1. The van der Waals surface area contributed by atoms with Gasteiger partial charge in [-0.25, -0.2) is 0 Å². The molecule has 15 heavy (non-hydrogen) atoms. The van der Waals surface area contributed by atoms with Crippen LogP contribution in [0.15, 0.2) is 12.1 Å². The van der Waals surface area contributed by atoms with E-state index in [0.717, 1.165) is 3.57 Å². The second kappa shape index (κ2) is 5.33. The van der Waals surface area contributed by atoms with Gasteiger partial charge in [0, 0.05) is 5.56 Å². The fourth-order valence-electron chi connectivity index (χ4n) is 1.11. The Hall–Kier alpha value is -0.800. The van der Waals surface area contributed by atoms with Gasteiger partial charge in [-0.1, -0.05) is 0 Å². The van der Waals surface area contributed by atoms with E-state index in [0.29, 0.717) is 16.9 Å². The number of ether oxygens (including phenoxy) is 1. The van der Waals surface area contributed by atoms with Crippen molar-refractivity contribution < 1.29 is 9.53 Å². The van der Waals surface area contributed by atoms with Crippen molar-refractivity contribution >= 4 is 40.0 Å². The lowest BCUT2D eigenvalue weighted by atomic mass is 10.1. The van der Waals surface area contributed by atoms with E-state index in [1.165, 1.54) is 7.11 Å². The lowest BCUT2D eigenvalue weighted by Crippen LogP contribution is -2.05. The number of benzene rings is 1. The van der Waals surface area contributed by atoms with Crippen molar-refractivity contribution in [2.24, 2.45) is 0 Å². The summed E-state index contributed by atoms with van der Waals surface area (Å²) in [7, 11) is 1.51. The van der Waals surface area contributed by atoms with Crippen LogP contribution in [0, 0.1) is 14.9 Å². The number of carbonyl (C=O) groups excluding carboxylic acids is 1. The molecule has 1 rings (SSSR count). The minimum atomic E-state index is -0.275. The number of hydrogen-bond acceptors (Lipinski definition) is 3. The van der Waals surface area contributed by atoms with Gasteiger partial charge < -0.3 is 4.74 Å². The molecule has 0 aliphatic rings. The molecule has 5 heteroatoms. The third-order valence-corrected chi connectivity index (χ3v) is 2.92. The zero-order chi connectivity index (χ0) is 11.4. The summed E-state index contributed by atoms with van der Waals surface area (Å²) in [6.45, 7) is 0. The summed E-state index contributed by atoms with van der Waals surface area (Å²) in [5, 5.41) is 8.86. The SMILES string of the molecule is COc1cc(C(=O)CCl)c(C#N)cc1I. The smallest absolute Gasteiger partial charge is 0.179 e. The van der Waals surface area contributed by atoms with Gasteiger partial charge in [-0.05, 0) is 34.7 Å². The Morgan fingerprint density at radius 3 is 2.80 bits per heavy atom. The molecule has 0 aliphatic heterocycles. The molecule has 78 valence electrons. The second-order valence-corrected chi connectivity index (χ2v) is 4.13. The summed E-state index contributed by atoms with van der Waals surface area (Å²) in [6, 6.07) is 5.12. The van der Waals surface area contributed by atoms with E-state index in [1.54, 1.807) is 12.1 Å². The molecule has 0 saturated carbocycles. The Balaban J connectivity index is 3.37. The Morgan fingerprint density at radius 2 is 2.33 bits per heavy atom. The number of halogens is 2. The number of ketones is 1. The Bertz CT molecular complexity index is 440. The topological polar surface area (TPSA) is 50.1 Å². The number of hydrogen-bond donors (Lipinski definition) is 0. The molecule has 0 saturated heterocycles. The van der Waals surface area contributed by atoms with Crippen LogP contribution in [0.5, 0.6) is 5.75 Å². The predicted molar refractivity (Wildman–Crippen MR) is 65.5 cm³/mol. The maximum Gasteiger partial charge on any atom is 0.179 e. The normalized spacial score (nSPS) is 9.47. The molecule has 0 aliphatic carbocycles. The van der Waals surface area contributed by atoms with Gasteiger partial charge in [0.1, 0.15) is 5.75 Å². The van der Waals surface area contributed by atoms with Gasteiger partial charge in [0.25, 0.3) is 0 Å². The monoisotopic (exact) mass is 335 g/mol. The average molecular weight is 336 g/mol. The number of Topliss-reactive ketones (excluding diaryl/α,β-unsaturated/α-hetero) is 1. The van der Waals surface area contributed by atoms with E-state index in [4.69, 9.17) is 21.6 Å². The van der Waals surface area contributed by atoms with Gasteiger partial charge in [0.05, 0.1) is 28.2 Å². The lowest BCUT2D eigenvalue weighted by molar-refractivity contribution is 0.102. The zero-order valence-corrected chi connectivity index (χ0v) is 10.8. The minimum Gasteiger partial charge on any atom is -0.496 e. The van der Waals surface area contributed by atoms with E-state index in [2.05, 4.69) is 0 Å². The van der Waals surface area contributed by atoms with Crippen molar-refractivity contribution in [3.05, 3.63) is 26.8 Å². The summed E-state index contributed by atoms with van der Waals surface area (Å²) in [5.74, 6) is 0.157. The van der Waals surface area contributed by atoms with Crippen molar-refractivity contribution in [3.8, 4) is 11.8 Å². The van der Waals surface area contributed by atoms with Gasteiger partial charge in [-0.3, -0.25) is 4.79 Å². The summed E-state index contributed by atoms with van der Waals surface area (Å²) < 4.78 is 5.86. The molecular weight excluding hydrogens is 328 g/mol. The van der Waals surface area contributed by atoms with Gasteiger partial charge in [-0.2, -0.15) is 5.26 Å². The molecule has 0 aromatic heterocycles. The summed E-state index contributed by atoms with van der Waals surface area (Å²) >= 11 is 7.49. The van der Waals surface area contributed by atoms with Crippen LogP contribution < -0.4 is 4.74 Å². The molecule has 0 amide bonds. The van der Waals surface area contributed by atoms with Crippen LogP contribution >= 0.6 is 34.2 Å². The highest BCUT2D eigenvalue weighted by Crippen LogP contribution is 2.25. The molecule has 0 bridgehead atoms. The number of carbonyl (C=O) groups is 1. The minimum absolute atomic E-state index is 0.140. The third kappa shape index (κ3) is 2.61. The lowest BCUT2D eigenvalue weighted by Gasteiger charge is -2.07. The van der Waals surface area contributed by atoms with Crippen molar-refractivity contribution in [1.29, 1.82) is 5.26 Å². The average Bonchev–Trinajstić information content (AvgIpc) is 2.27. The molecule has 1 aromatic carbocycles. The largest absolute Gasteiger partial charge is 0.496 e. The third-order valence-electron chi connectivity index (χ3n) is 1.83. The van der Waals surface area contributed by atoms with E-state index in [9.17, 15) is 4.79 Å². The van der Waals surface area contributed by atoms with Gasteiger partial charge in [0.2, 0.25) is 0 Å². The first kappa shape index (κ1) is 12.3. The van der Waals surface area contributed by atoms with E-state index < -0.39 is 0 Å². The highest BCUT2D eigenvalue weighted by atomic mass is 127. The van der Waals surface area contributed by atoms with Crippen LogP contribution in [-0.2, 0) is 0 Å². The predicted octanol–water partition coefficient (Wildman–Crippen LogP) is 2.59. The van der Waals surface area contributed by atoms with Gasteiger partial charge in [-0.15, -0.1) is 11.6 Å². The quantitative estimate of drug-likeness (QED) is 0.485. The van der Waals surface area contributed by atoms with Crippen LogP contribution in [-0.4, -0.2) is 18.8 Å². The molecular formula is C10H7ClINO2. The number of methoxy groups -OCH3 is 1. The molecule has 0 spiro atoms. The van der Waals surface area contributed by atoms with Gasteiger partial charge in [0.15, 0.2) is 5.78 Å². The Kier molecular flexibility index (Phi) is 4.36. The van der Waals surface area contributed by atoms with Crippen LogP contribution in [0.2, 0.25) is 0 Å². The van der Waals surface area contributed by atoms with E-state index >= 15 is 0 Å². The highest BCUT2D eigenvalue weighted by molar-refractivity contribution is 14.1. The zero-order valence-electron chi connectivity index (χ0n) is 7.88. The number of rotatable bonds is 3. The molecule has 0 atom stereocenters. The van der Waals surface area contributed by atoms with Crippen molar-refractivity contribution in [2.75, 3.05) is 13.0 Å². The van der Waals surface area contributed by atoms with Crippen LogP contribution in [0.3, 0.4) is 0 Å². The van der Waals surface area contributed by atoms with Crippen molar-refractivity contribution in [1.82, 2.24) is 0 Å². The molecule has 1 aromatic rings. The number of nitriles is 1. The molecule has 0 unspecified atom stereocenters. The number of alkyl halides is 1. The summed E-state index contributed by atoms with van der Waals surface area (Å²) in [4.78, 5) is 11.4. The molecule has 0 heterocycles. The molecule has 3 nitrogen and oxygen atoms in total. The van der Waals surface area contributed by atoms with Gasteiger partial charge >= 0.3 is 0 Å². The van der Waals surface area contributed by atoms with E-state index in [-0.39, 0.29) is 11.7 Å². The fraction of sp³-hybridized carbons (Fsp3) is 0.200. The second-order valence-electron chi connectivity index (χ2n) is 2.70. The van der Waals surface area contributed by atoms with Crippen LogP contribution in [0.25, 0.3) is 0 Å². The van der Waals surface area contributed by atoms with E-state index in [1.807, 2.05) is 28.7 Å². The Morgan fingerprint density at radius 1 is 1.67 bits per heavy atom. The van der Waals surface area contributed by atoms with Crippen LogP contribution in [0.4, 0.5) is 0 Å². The molecule has 0 N–H and O–H groups in total. The first-order chi connectivity index (χ1) is 7.13. The fourth-order valence-corrected chi connectivity index (χ4v) is 1.94. The summed E-state index contributed by atoms with van der Waals surface area (Å²) in [5.41, 5.74) is 0.635.